The lowest BCUT2D eigenvalue weighted by atomic mass is 9.90. The fourth-order valence-electron chi connectivity index (χ4n) is 7.12. The van der Waals surface area contributed by atoms with E-state index in [-0.39, 0.29) is 0 Å². The normalized spacial score (nSPS) is 15.9. The molecule has 1 unspecified atom stereocenters. The Hall–Kier alpha value is -6.40. The van der Waals surface area contributed by atoms with Crippen LogP contribution >= 0.6 is 0 Å². The Morgan fingerprint density at radius 2 is 1.33 bits per heavy atom. The molecule has 6 nitrogen and oxygen atoms in total. The van der Waals surface area contributed by atoms with Crippen molar-refractivity contribution in [3.05, 3.63) is 173 Å². The second-order valence-corrected chi connectivity index (χ2v) is 12.1. The molecule has 2 aliphatic heterocycles. The molecule has 1 atom stereocenters. The zero-order chi connectivity index (χ0) is 31.6. The Labute approximate surface area is 275 Å². The Kier molecular flexibility index (Phi) is 5.90. The van der Waals surface area contributed by atoms with Crippen molar-refractivity contribution in [3.8, 4) is 0 Å². The maximum absolute atomic E-state index is 6.37. The van der Waals surface area contributed by atoms with Gasteiger partial charge in [0.25, 0.3) is 0 Å². The lowest BCUT2D eigenvalue weighted by Crippen LogP contribution is -2.36. The van der Waals surface area contributed by atoms with Gasteiger partial charge in [-0.2, -0.15) is 0 Å². The number of hydrogen-bond acceptors (Lipinski definition) is 5. The summed E-state index contributed by atoms with van der Waals surface area (Å²) in [5.74, 6) is 2.17. The second-order valence-electron chi connectivity index (χ2n) is 12.1. The van der Waals surface area contributed by atoms with Gasteiger partial charge in [-0.15, -0.1) is 6.54 Å². The van der Waals surface area contributed by atoms with Crippen molar-refractivity contribution in [1.82, 2.24) is 5.32 Å². The molecule has 0 radical (unpaired) electrons. The van der Waals surface area contributed by atoms with E-state index in [4.69, 9.17) is 24.1 Å². The highest BCUT2D eigenvalue weighted by molar-refractivity contribution is 6.19. The molecule has 0 amide bonds. The van der Waals surface area contributed by atoms with Gasteiger partial charge in [0.05, 0.1) is 0 Å². The van der Waals surface area contributed by atoms with Crippen LogP contribution in [0.3, 0.4) is 0 Å². The van der Waals surface area contributed by atoms with Gasteiger partial charge in [-0.3, -0.25) is 0 Å². The molecule has 1 N–H and O–H groups in total. The van der Waals surface area contributed by atoms with E-state index in [0.717, 1.165) is 88.7 Å². The summed E-state index contributed by atoms with van der Waals surface area (Å²) in [5, 5.41) is 13.8. The van der Waals surface area contributed by atoms with Gasteiger partial charge in [0.1, 0.15) is 28.4 Å². The van der Waals surface area contributed by atoms with Gasteiger partial charge < -0.3 is 19.5 Å². The Balaban J connectivity index is 1.16. The number of nitrogens with zero attached hydrogens (tertiary/aromatic N) is 3. The number of para-hydroxylation sites is 1. The summed E-state index contributed by atoms with van der Waals surface area (Å²) in [5.41, 5.74) is 8.60. The predicted octanol–water partition coefficient (Wildman–Crippen LogP) is 10.4. The maximum atomic E-state index is 6.37. The van der Waals surface area contributed by atoms with Crippen molar-refractivity contribution in [1.29, 1.82) is 0 Å². The van der Waals surface area contributed by atoms with Crippen LogP contribution in [0.25, 0.3) is 54.6 Å². The molecule has 10 rings (SSSR count). The van der Waals surface area contributed by atoms with Crippen molar-refractivity contribution in [2.45, 2.75) is 6.17 Å². The van der Waals surface area contributed by atoms with E-state index in [2.05, 4.69) is 96.3 Å². The van der Waals surface area contributed by atoms with Crippen LogP contribution in [0.15, 0.2) is 158 Å². The molecule has 0 fully saturated rings. The number of benzene rings is 6. The Morgan fingerprint density at radius 1 is 0.604 bits per heavy atom. The zero-order valence-electron chi connectivity index (χ0n) is 25.7. The summed E-state index contributed by atoms with van der Waals surface area (Å²) >= 11 is 0. The van der Waals surface area contributed by atoms with E-state index in [1.165, 1.54) is 0 Å². The summed E-state index contributed by atoms with van der Waals surface area (Å²) in [6.45, 7) is 0.533. The molecule has 6 aromatic carbocycles. The first-order valence-electron chi connectivity index (χ1n) is 16.1. The molecule has 6 heteroatoms. The lowest BCUT2D eigenvalue weighted by molar-refractivity contribution is 0.635. The second kappa shape index (κ2) is 10.6. The summed E-state index contributed by atoms with van der Waals surface area (Å²) < 4.78 is 12.6. The molecule has 228 valence electrons. The number of rotatable bonds is 4. The first kappa shape index (κ1) is 26.8. The third-order valence-electron chi connectivity index (χ3n) is 9.31. The van der Waals surface area contributed by atoms with Crippen molar-refractivity contribution in [2.24, 2.45) is 9.98 Å². The molecule has 0 saturated carbocycles. The summed E-state index contributed by atoms with van der Waals surface area (Å²) in [6, 6.07) is 45.7. The van der Waals surface area contributed by atoms with Gasteiger partial charge in [-0.05, 0) is 46.2 Å². The molecular weight excluding hydrogens is 592 g/mol. The van der Waals surface area contributed by atoms with Crippen molar-refractivity contribution in [2.75, 3.05) is 6.54 Å². The standard InChI is InChI=1S/C42H27N4O2/c1-2-11-25(12-3-1)39-44-40(46-41(45-39)32-18-10-20-35-37(32)31-17-8-9-19-34(31)47-35)30-16-7-6-15-28(30)29-21-22-43-42-38(29)33-23-26-13-4-5-14-27(26)24-36(33)48-42/h1-21,23-24,41H,22H2,(H,44,45,46)/q-1. The molecule has 8 aromatic rings. The smallest absolute Gasteiger partial charge is 0.170 e. The molecule has 0 saturated heterocycles. The topological polar surface area (TPSA) is 77.1 Å². The quantitative estimate of drug-likeness (QED) is 0.213. The highest BCUT2D eigenvalue weighted by Gasteiger charge is 2.27. The van der Waals surface area contributed by atoms with Gasteiger partial charge in [0.15, 0.2) is 6.17 Å². The van der Waals surface area contributed by atoms with Crippen LogP contribution in [0.2, 0.25) is 0 Å². The van der Waals surface area contributed by atoms with Gasteiger partial charge in [-0.1, -0.05) is 115 Å². The fraction of sp³-hybridized carbons (Fsp3) is 0.0476. The summed E-state index contributed by atoms with van der Waals surface area (Å²) in [6.07, 6.45) is 1.69. The van der Waals surface area contributed by atoms with Crippen molar-refractivity contribution < 1.29 is 8.83 Å². The number of amidine groups is 2. The largest absolute Gasteiger partial charge is 0.650 e. The van der Waals surface area contributed by atoms with Crippen LogP contribution in [0.4, 0.5) is 5.88 Å². The third-order valence-corrected chi connectivity index (χ3v) is 9.31. The predicted molar refractivity (Wildman–Crippen MR) is 194 cm³/mol. The SMILES string of the molecule is C1=C(c2ccccc2C2=NC(c3cccc4oc5ccccc5c34)N=C(c3ccccc3)N2)c2c(oc3cc4ccccc4cc23)[N-]C1. The van der Waals surface area contributed by atoms with E-state index < -0.39 is 6.17 Å². The van der Waals surface area contributed by atoms with E-state index in [1.807, 2.05) is 48.5 Å². The summed E-state index contributed by atoms with van der Waals surface area (Å²) in [7, 11) is 0. The number of fused-ring (bicyclic) bond motifs is 7. The molecular formula is C42H27N4O2-. The number of nitrogens with one attached hydrogen (secondary N) is 1. The molecule has 48 heavy (non-hydrogen) atoms. The minimum atomic E-state index is -0.499. The minimum absolute atomic E-state index is 0.499. The van der Waals surface area contributed by atoms with Gasteiger partial charge in [0.2, 0.25) is 0 Å². The molecule has 0 aliphatic carbocycles. The number of hydrogen-bond donors (Lipinski definition) is 1. The van der Waals surface area contributed by atoms with Crippen LogP contribution in [0, 0.1) is 0 Å². The van der Waals surface area contributed by atoms with Gasteiger partial charge >= 0.3 is 0 Å². The third kappa shape index (κ3) is 4.19. The summed E-state index contributed by atoms with van der Waals surface area (Å²) in [4.78, 5) is 10.5. The van der Waals surface area contributed by atoms with E-state index in [1.54, 1.807) is 0 Å². The first-order valence-corrected chi connectivity index (χ1v) is 16.1. The molecule has 0 bridgehead atoms. The number of furan rings is 2. The number of aliphatic imine (C=N–C) groups is 2. The average molecular weight is 620 g/mol. The monoisotopic (exact) mass is 619 g/mol. The fourth-order valence-corrected chi connectivity index (χ4v) is 7.12. The van der Waals surface area contributed by atoms with Crippen LogP contribution in [-0.2, 0) is 0 Å². The molecule has 2 aliphatic rings. The lowest BCUT2D eigenvalue weighted by Gasteiger charge is -2.28. The Morgan fingerprint density at radius 3 is 2.23 bits per heavy atom. The first-order chi connectivity index (χ1) is 23.8. The van der Waals surface area contributed by atoms with Crippen molar-refractivity contribution in [3.63, 3.8) is 0 Å². The van der Waals surface area contributed by atoms with E-state index >= 15 is 0 Å². The average Bonchev–Trinajstić information content (AvgIpc) is 3.72. The molecule has 0 spiro atoms. The minimum Gasteiger partial charge on any atom is -0.650 e. The van der Waals surface area contributed by atoms with Crippen molar-refractivity contribution >= 4 is 66.8 Å². The van der Waals surface area contributed by atoms with Crippen LogP contribution in [0.5, 0.6) is 0 Å². The van der Waals surface area contributed by atoms with Gasteiger partial charge in [-0.25, -0.2) is 9.98 Å². The van der Waals surface area contributed by atoms with E-state index in [9.17, 15) is 0 Å². The van der Waals surface area contributed by atoms with Crippen LogP contribution in [0.1, 0.15) is 34.0 Å². The highest BCUT2D eigenvalue weighted by Crippen LogP contribution is 2.46. The van der Waals surface area contributed by atoms with E-state index in [0.29, 0.717) is 12.4 Å². The Bertz CT molecular complexity index is 2660. The molecule has 2 aromatic heterocycles. The molecule has 4 heterocycles. The van der Waals surface area contributed by atoms with Gasteiger partial charge in [0, 0.05) is 44.3 Å². The maximum Gasteiger partial charge on any atom is 0.170 e. The highest BCUT2D eigenvalue weighted by atomic mass is 16.4. The van der Waals surface area contributed by atoms with Crippen LogP contribution in [-0.4, -0.2) is 18.2 Å². The van der Waals surface area contributed by atoms with Crippen LogP contribution < -0.4 is 5.32 Å². The zero-order valence-corrected chi connectivity index (χ0v) is 25.7.